The Morgan fingerprint density at radius 1 is 0.833 bits per heavy atom. The third-order valence-corrected chi connectivity index (χ3v) is 0.287. The van der Waals surface area contributed by atoms with Crippen molar-refractivity contribution in [3.8, 4) is 0 Å². The molecule has 0 aromatic rings. The molecule has 0 aromatic heterocycles. The van der Waals surface area contributed by atoms with Gasteiger partial charge in [0.1, 0.15) is 5.78 Å². The van der Waals surface area contributed by atoms with E-state index in [2.05, 4.69) is 4.74 Å². The number of Topliss-reactive ketones (excluding diaryl/α,β-unsaturated/α-hetero) is 1. The second-order valence-corrected chi connectivity index (χ2v) is 1.99. The van der Waals surface area contributed by atoms with E-state index in [1.807, 2.05) is 0 Å². The normalized spacial score (nSPS) is 6.67. The monoisotopic (exact) mass is 211 g/mol. The fourth-order valence-electron chi connectivity index (χ4n) is 0.202. The van der Waals surface area contributed by atoms with Gasteiger partial charge in [-0.25, -0.2) is 0 Å². The van der Waals surface area contributed by atoms with Crippen LogP contribution in [0.5, 0.6) is 0 Å². The maximum atomic E-state index is 9.81. The van der Waals surface area contributed by atoms with E-state index in [-0.39, 0.29) is 24.3 Å². The summed E-state index contributed by atoms with van der Waals surface area (Å²) in [5.41, 5.74) is 0. The van der Waals surface area contributed by atoms with Crippen LogP contribution in [0.2, 0.25) is 0 Å². The molecule has 0 saturated carbocycles. The summed E-state index contributed by atoms with van der Waals surface area (Å²) in [7, 11) is 0. The van der Waals surface area contributed by atoms with Crippen molar-refractivity contribution in [2.75, 3.05) is 0 Å². The summed E-state index contributed by atoms with van der Waals surface area (Å²) in [5.74, 6) is -0.958. The zero-order valence-corrected chi connectivity index (χ0v) is 8.98. The van der Waals surface area contributed by atoms with Crippen LogP contribution in [0.4, 0.5) is 0 Å². The number of esters is 2. The Balaban J connectivity index is -0.000000142. The van der Waals surface area contributed by atoms with E-state index in [0.717, 1.165) is 0 Å². The van der Waals surface area contributed by atoms with Gasteiger partial charge in [-0.05, 0) is 13.8 Å². The summed E-state index contributed by atoms with van der Waals surface area (Å²) in [4.78, 5) is 29.1. The maximum absolute atomic E-state index is 9.81. The molecule has 0 spiro atoms. The van der Waals surface area contributed by atoms with E-state index >= 15 is 0 Å². The van der Waals surface area contributed by atoms with Gasteiger partial charge in [0.15, 0.2) is 0 Å². The van der Waals surface area contributed by atoms with Gasteiger partial charge in [0.25, 0.3) is 0 Å². The Morgan fingerprint density at radius 2 is 1.00 bits per heavy atom. The van der Waals surface area contributed by atoms with Crippen LogP contribution in [0.3, 0.4) is 0 Å². The SMILES string of the molecule is CC(=O)OC(C)=O.CC(C)=O.[V]. The molecule has 0 unspecified atom stereocenters. The fraction of sp³-hybridized carbons (Fsp3) is 0.571. The minimum atomic E-state index is -0.562. The third kappa shape index (κ3) is 57.5. The Hall–Kier alpha value is -0.606. The quantitative estimate of drug-likeness (QED) is 0.437. The molecule has 0 atom stereocenters. The van der Waals surface area contributed by atoms with Gasteiger partial charge in [0, 0.05) is 32.4 Å². The van der Waals surface area contributed by atoms with Crippen molar-refractivity contribution in [2.24, 2.45) is 0 Å². The number of ether oxygens (including phenoxy) is 1. The predicted octanol–water partition coefficient (Wildman–Crippen LogP) is 0.689. The molecular formula is C7H12O4V. The van der Waals surface area contributed by atoms with Gasteiger partial charge < -0.3 is 9.53 Å². The molecule has 0 heterocycles. The first kappa shape index (κ1) is 17.5. The Morgan fingerprint density at radius 3 is 1.00 bits per heavy atom. The average Bonchev–Trinajstić information content (AvgIpc) is 1.56. The summed E-state index contributed by atoms with van der Waals surface area (Å²) in [5, 5.41) is 0. The van der Waals surface area contributed by atoms with Crippen molar-refractivity contribution < 1.29 is 37.7 Å². The number of carbonyl (C=O) groups excluding carboxylic acids is 3. The van der Waals surface area contributed by atoms with Crippen molar-refractivity contribution in [3.05, 3.63) is 0 Å². The van der Waals surface area contributed by atoms with Crippen LogP contribution >= 0.6 is 0 Å². The number of hydrogen-bond donors (Lipinski definition) is 0. The fourth-order valence-corrected chi connectivity index (χ4v) is 0.202. The van der Waals surface area contributed by atoms with Gasteiger partial charge in [-0.1, -0.05) is 0 Å². The molecular weight excluding hydrogens is 199 g/mol. The van der Waals surface area contributed by atoms with E-state index in [0.29, 0.717) is 0 Å². The molecule has 0 bridgehead atoms. The molecule has 0 aliphatic heterocycles. The molecule has 0 aromatic carbocycles. The Bertz CT molecular complexity index is 149. The van der Waals surface area contributed by atoms with Gasteiger partial charge in [-0.2, -0.15) is 0 Å². The maximum Gasteiger partial charge on any atom is 0.310 e. The molecule has 0 rings (SSSR count). The first-order valence-corrected chi connectivity index (χ1v) is 3.02. The zero-order chi connectivity index (χ0) is 9.44. The first-order chi connectivity index (χ1) is 4.86. The summed E-state index contributed by atoms with van der Waals surface area (Å²) in [6, 6.07) is 0. The topological polar surface area (TPSA) is 60.4 Å². The summed E-state index contributed by atoms with van der Waals surface area (Å²) < 4.78 is 3.97. The molecule has 5 heteroatoms. The van der Waals surface area contributed by atoms with Gasteiger partial charge >= 0.3 is 11.9 Å². The standard InChI is InChI=1S/C4H6O3.C3H6O.V/c1-3(5)7-4(2)6;1-3(2)4;/h1-2H3;1-2H3;. The smallest absolute Gasteiger partial charge is 0.310 e. The van der Waals surface area contributed by atoms with E-state index in [1.165, 1.54) is 27.7 Å². The molecule has 0 aliphatic carbocycles. The van der Waals surface area contributed by atoms with Crippen molar-refractivity contribution in [1.29, 1.82) is 0 Å². The Kier molecular flexibility index (Phi) is 15.1. The van der Waals surface area contributed by atoms with Crippen LogP contribution in [-0.4, -0.2) is 17.7 Å². The van der Waals surface area contributed by atoms with Gasteiger partial charge in [-0.15, -0.1) is 0 Å². The summed E-state index contributed by atoms with van der Waals surface area (Å²) in [6.07, 6.45) is 0. The minimum Gasteiger partial charge on any atom is -0.394 e. The van der Waals surface area contributed by atoms with Gasteiger partial charge in [0.2, 0.25) is 0 Å². The summed E-state index contributed by atoms with van der Waals surface area (Å²) >= 11 is 0. The van der Waals surface area contributed by atoms with E-state index in [4.69, 9.17) is 0 Å². The minimum absolute atomic E-state index is 0. The van der Waals surface area contributed by atoms with E-state index < -0.39 is 11.9 Å². The predicted molar refractivity (Wildman–Crippen MR) is 38.8 cm³/mol. The zero-order valence-electron chi connectivity index (χ0n) is 7.58. The van der Waals surface area contributed by atoms with E-state index in [9.17, 15) is 14.4 Å². The molecule has 0 N–H and O–H groups in total. The number of rotatable bonds is 0. The average molecular weight is 211 g/mol. The van der Waals surface area contributed by atoms with Crippen LogP contribution in [0, 0.1) is 0 Å². The first-order valence-electron chi connectivity index (χ1n) is 3.02. The van der Waals surface area contributed by atoms with Crippen LogP contribution in [0.25, 0.3) is 0 Å². The molecule has 0 saturated heterocycles. The van der Waals surface area contributed by atoms with Crippen molar-refractivity contribution >= 4 is 17.7 Å². The molecule has 1 radical (unpaired) electrons. The van der Waals surface area contributed by atoms with E-state index in [1.54, 1.807) is 0 Å². The number of hydrogen-bond acceptors (Lipinski definition) is 4. The Labute approximate surface area is 83.5 Å². The van der Waals surface area contributed by atoms with Crippen LogP contribution in [0.15, 0.2) is 0 Å². The largest absolute Gasteiger partial charge is 0.394 e. The number of carbonyl (C=O) groups is 3. The van der Waals surface area contributed by atoms with Crippen LogP contribution in [-0.2, 0) is 37.7 Å². The second kappa shape index (κ2) is 10.4. The van der Waals surface area contributed by atoms with Crippen LogP contribution in [0.1, 0.15) is 27.7 Å². The molecule has 0 aliphatic rings. The molecule has 0 fully saturated rings. The molecule has 0 amide bonds. The summed E-state index contributed by atoms with van der Waals surface area (Å²) in [6.45, 7) is 5.42. The number of ketones is 1. The molecule has 4 nitrogen and oxygen atoms in total. The van der Waals surface area contributed by atoms with Crippen LogP contribution < -0.4 is 0 Å². The van der Waals surface area contributed by atoms with Gasteiger partial charge in [0.05, 0.1) is 0 Å². The second-order valence-electron chi connectivity index (χ2n) is 1.99. The van der Waals surface area contributed by atoms with Crippen molar-refractivity contribution in [3.63, 3.8) is 0 Å². The van der Waals surface area contributed by atoms with Crippen molar-refractivity contribution in [2.45, 2.75) is 27.7 Å². The third-order valence-electron chi connectivity index (χ3n) is 0.287. The molecule has 69 valence electrons. The molecule has 12 heavy (non-hydrogen) atoms. The van der Waals surface area contributed by atoms with Crippen molar-refractivity contribution in [1.82, 2.24) is 0 Å². The van der Waals surface area contributed by atoms with Gasteiger partial charge in [-0.3, -0.25) is 9.59 Å².